The molecule has 1 aromatic heterocycles. The molecule has 2 aromatic rings. The van der Waals surface area contributed by atoms with Crippen molar-refractivity contribution in [1.82, 2.24) is 20.2 Å². The lowest BCUT2D eigenvalue weighted by atomic mass is 10.1. The molecule has 8 heteroatoms. The summed E-state index contributed by atoms with van der Waals surface area (Å²) in [5.74, 6) is -0.792. The van der Waals surface area contributed by atoms with Crippen LogP contribution in [0.15, 0.2) is 18.2 Å². The first-order valence-electron chi connectivity index (χ1n) is 8.43. The van der Waals surface area contributed by atoms with Crippen LogP contribution < -0.4 is 10.6 Å². The highest BCUT2D eigenvalue weighted by atomic mass is 19.1. The number of hydrogen-bond donors (Lipinski definition) is 2. The number of fused-ring (bicyclic) bond motifs is 1. The Morgan fingerprint density at radius 1 is 1.38 bits per heavy atom. The van der Waals surface area contributed by atoms with Gasteiger partial charge in [0.05, 0.1) is 24.4 Å². The third kappa shape index (κ3) is 3.60. The van der Waals surface area contributed by atoms with Crippen molar-refractivity contribution in [1.29, 1.82) is 0 Å². The lowest BCUT2D eigenvalue weighted by molar-refractivity contribution is -0.119. The minimum absolute atomic E-state index is 0.156. The number of amides is 2. The van der Waals surface area contributed by atoms with Gasteiger partial charge < -0.3 is 19.9 Å². The highest BCUT2D eigenvalue weighted by Crippen LogP contribution is 2.28. The van der Waals surface area contributed by atoms with Crippen LogP contribution in [-0.4, -0.2) is 41.6 Å². The normalized spacial score (nSPS) is 13.7. The summed E-state index contributed by atoms with van der Waals surface area (Å²) in [6.07, 6.45) is 0.739. The number of nitrogens with one attached hydrogen (secondary N) is 2. The van der Waals surface area contributed by atoms with E-state index in [1.165, 1.54) is 13.1 Å². The van der Waals surface area contributed by atoms with Crippen molar-refractivity contribution < 1.29 is 18.7 Å². The van der Waals surface area contributed by atoms with Crippen molar-refractivity contribution in [2.24, 2.45) is 0 Å². The lowest BCUT2D eigenvalue weighted by Gasteiger charge is -2.09. The number of hydrogen-bond acceptors (Lipinski definition) is 4. The molecule has 138 valence electrons. The van der Waals surface area contributed by atoms with E-state index in [2.05, 4.69) is 15.6 Å². The highest BCUT2D eigenvalue weighted by molar-refractivity contribution is 5.96. The molecule has 1 aliphatic rings. The van der Waals surface area contributed by atoms with Gasteiger partial charge in [-0.3, -0.25) is 9.59 Å². The standard InChI is InChI=1S/C18H21FN4O3/c1-11-4-5-12(13(19)8-11)17-22-16(18(25)21-9-15(24)20-2)14-10-26-7-3-6-23(14)17/h4-5,8H,3,6-7,9-10H2,1-2H3,(H,20,24)(H,21,25). The first-order valence-corrected chi connectivity index (χ1v) is 8.43. The Kier molecular flexibility index (Phi) is 5.32. The third-order valence-corrected chi connectivity index (χ3v) is 4.25. The second kappa shape index (κ2) is 7.65. The van der Waals surface area contributed by atoms with Crippen LogP contribution in [0, 0.1) is 12.7 Å². The van der Waals surface area contributed by atoms with E-state index < -0.39 is 5.91 Å². The zero-order valence-corrected chi connectivity index (χ0v) is 14.8. The lowest BCUT2D eigenvalue weighted by Crippen LogP contribution is -2.35. The number of likely N-dealkylation sites (N-methyl/N-ethyl adjacent to an activating group) is 1. The molecule has 0 aliphatic carbocycles. The number of carbonyl (C=O) groups excluding carboxylic acids is 2. The van der Waals surface area contributed by atoms with Gasteiger partial charge in [-0.15, -0.1) is 0 Å². The predicted octanol–water partition coefficient (Wildman–Crippen LogP) is 1.39. The van der Waals surface area contributed by atoms with Crippen LogP contribution in [0.25, 0.3) is 11.4 Å². The molecule has 0 bridgehead atoms. The van der Waals surface area contributed by atoms with Crippen LogP contribution in [0.5, 0.6) is 0 Å². The Morgan fingerprint density at radius 2 is 2.19 bits per heavy atom. The Balaban J connectivity index is 2.02. The van der Waals surface area contributed by atoms with Gasteiger partial charge in [0.2, 0.25) is 5.91 Å². The number of ether oxygens (including phenoxy) is 1. The largest absolute Gasteiger partial charge is 0.375 e. The molecule has 1 aliphatic heterocycles. The summed E-state index contributed by atoms with van der Waals surface area (Å²) in [6.45, 7) is 2.99. The van der Waals surface area contributed by atoms with E-state index >= 15 is 0 Å². The molecule has 2 N–H and O–H groups in total. The van der Waals surface area contributed by atoms with Gasteiger partial charge in [0.15, 0.2) is 5.69 Å². The van der Waals surface area contributed by atoms with E-state index in [0.29, 0.717) is 30.2 Å². The van der Waals surface area contributed by atoms with Crippen molar-refractivity contribution in [3.05, 3.63) is 41.0 Å². The van der Waals surface area contributed by atoms with Crippen LogP contribution in [-0.2, 0) is 22.7 Å². The van der Waals surface area contributed by atoms with Crippen molar-refractivity contribution in [3.63, 3.8) is 0 Å². The van der Waals surface area contributed by atoms with Crippen molar-refractivity contribution >= 4 is 11.8 Å². The van der Waals surface area contributed by atoms with Crippen LogP contribution in [0.4, 0.5) is 4.39 Å². The summed E-state index contributed by atoms with van der Waals surface area (Å²) in [4.78, 5) is 28.3. The maximum absolute atomic E-state index is 14.5. The predicted molar refractivity (Wildman–Crippen MR) is 93.0 cm³/mol. The van der Waals surface area contributed by atoms with Crippen LogP contribution >= 0.6 is 0 Å². The first kappa shape index (κ1) is 18.1. The molecule has 26 heavy (non-hydrogen) atoms. The summed E-state index contributed by atoms with van der Waals surface area (Å²) < 4.78 is 21.9. The summed E-state index contributed by atoms with van der Waals surface area (Å²) in [7, 11) is 1.49. The van der Waals surface area contributed by atoms with Crippen LogP contribution in [0.1, 0.15) is 28.2 Å². The fourth-order valence-corrected chi connectivity index (χ4v) is 2.89. The fourth-order valence-electron chi connectivity index (χ4n) is 2.89. The van der Waals surface area contributed by atoms with Crippen molar-refractivity contribution in [3.8, 4) is 11.4 Å². The number of rotatable bonds is 4. The average Bonchev–Trinajstić information content (AvgIpc) is 2.81. The Bertz CT molecular complexity index is 847. The number of benzene rings is 1. The molecular formula is C18H21FN4O3. The molecule has 7 nitrogen and oxygen atoms in total. The molecule has 3 rings (SSSR count). The SMILES string of the molecule is CNC(=O)CNC(=O)c1nc(-c2ccc(C)cc2F)n2c1COCCC2. The second-order valence-electron chi connectivity index (χ2n) is 6.13. The topological polar surface area (TPSA) is 85.3 Å². The summed E-state index contributed by atoms with van der Waals surface area (Å²) in [6, 6.07) is 4.91. The van der Waals surface area contributed by atoms with Gasteiger partial charge in [0, 0.05) is 20.2 Å². The van der Waals surface area contributed by atoms with E-state index in [1.807, 2.05) is 11.5 Å². The monoisotopic (exact) mass is 360 g/mol. The number of halogens is 1. The molecule has 0 radical (unpaired) electrons. The summed E-state index contributed by atoms with van der Waals surface area (Å²) >= 11 is 0. The Morgan fingerprint density at radius 3 is 2.92 bits per heavy atom. The van der Waals surface area contributed by atoms with Gasteiger partial charge in [-0.25, -0.2) is 9.37 Å². The van der Waals surface area contributed by atoms with Gasteiger partial charge in [0.25, 0.3) is 5.91 Å². The smallest absolute Gasteiger partial charge is 0.272 e. The molecule has 0 spiro atoms. The maximum Gasteiger partial charge on any atom is 0.272 e. The molecule has 0 unspecified atom stereocenters. The first-order chi connectivity index (χ1) is 12.5. The molecular weight excluding hydrogens is 339 g/mol. The van der Waals surface area contributed by atoms with E-state index in [9.17, 15) is 14.0 Å². The number of aromatic nitrogens is 2. The van der Waals surface area contributed by atoms with Gasteiger partial charge in [0.1, 0.15) is 11.6 Å². The average molecular weight is 360 g/mol. The van der Waals surface area contributed by atoms with Crippen LogP contribution in [0.3, 0.4) is 0 Å². The molecule has 0 saturated heterocycles. The van der Waals surface area contributed by atoms with E-state index in [0.717, 1.165) is 12.0 Å². The number of imidazole rings is 1. The molecule has 2 heterocycles. The fraction of sp³-hybridized carbons (Fsp3) is 0.389. The number of carbonyl (C=O) groups is 2. The van der Waals surface area contributed by atoms with Gasteiger partial charge in [-0.1, -0.05) is 6.07 Å². The third-order valence-electron chi connectivity index (χ3n) is 4.25. The molecule has 1 aromatic carbocycles. The number of nitrogens with zero attached hydrogens (tertiary/aromatic N) is 2. The maximum atomic E-state index is 14.5. The van der Waals surface area contributed by atoms with Gasteiger partial charge in [-0.2, -0.15) is 0 Å². The van der Waals surface area contributed by atoms with E-state index in [-0.39, 0.29) is 30.6 Å². The minimum atomic E-state index is -0.485. The molecule has 0 saturated carbocycles. The van der Waals surface area contributed by atoms with E-state index in [1.54, 1.807) is 12.1 Å². The summed E-state index contributed by atoms with van der Waals surface area (Å²) in [5, 5.41) is 4.97. The zero-order chi connectivity index (χ0) is 18.7. The van der Waals surface area contributed by atoms with Crippen LogP contribution in [0.2, 0.25) is 0 Å². The zero-order valence-electron chi connectivity index (χ0n) is 14.8. The number of aryl methyl sites for hydroxylation is 1. The van der Waals surface area contributed by atoms with Gasteiger partial charge >= 0.3 is 0 Å². The van der Waals surface area contributed by atoms with Crippen molar-refractivity contribution in [2.45, 2.75) is 26.5 Å². The van der Waals surface area contributed by atoms with E-state index in [4.69, 9.17) is 4.74 Å². The highest BCUT2D eigenvalue weighted by Gasteiger charge is 2.26. The Hall–Kier alpha value is -2.74. The molecule has 0 atom stereocenters. The minimum Gasteiger partial charge on any atom is -0.375 e. The van der Waals surface area contributed by atoms with Gasteiger partial charge in [-0.05, 0) is 31.0 Å². The second-order valence-corrected chi connectivity index (χ2v) is 6.13. The molecule has 2 amide bonds. The van der Waals surface area contributed by atoms with Crippen molar-refractivity contribution in [2.75, 3.05) is 20.2 Å². The molecule has 0 fully saturated rings. The quantitative estimate of drug-likeness (QED) is 0.863. The summed E-state index contributed by atoms with van der Waals surface area (Å²) in [5.41, 5.74) is 1.89. The Labute approximate surface area is 150 Å².